The molecule has 2 aliphatic rings. The van der Waals surface area contributed by atoms with Crippen molar-refractivity contribution < 1.29 is 24.2 Å². The predicted octanol–water partition coefficient (Wildman–Crippen LogP) is 1.04. The minimum absolute atomic E-state index is 0.0287. The van der Waals surface area contributed by atoms with Crippen molar-refractivity contribution >= 4 is 11.9 Å². The number of carbonyl (C=O) groups is 2. The summed E-state index contributed by atoms with van der Waals surface area (Å²) in [5.74, 6) is -0.701. The second-order valence-corrected chi connectivity index (χ2v) is 6.32. The van der Waals surface area contributed by atoms with Crippen LogP contribution in [-0.2, 0) is 9.53 Å². The molecule has 1 aromatic carbocycles. The summed E-state index contributed by atoms with van der Waals surface area (Å²) in [7, 11) is 3.56. The fraction of sp³-hybridized carbons (Fsp3) is 0.529. The number of carboxylic acids is 1. The molecule has 3 rings (SSSR count). The van der Waals surface area contributed by atoms with Crippen LogP contribution < -0.4 is 4.74 Å². The topological polar surface area (TPSA) is 79.3 Å². The number of rotatable bonds is 3. The molecule has 1 N–H and O–H groups in total. The zero-order valence-corrected chi connectivity index (χ0v) is 13.9. The molecule has 24 heavy (non-hydrogen) atoms. The molecule has 7 nitrogen and oxygen atoms in total. The average Bonchev–Trinajstić information content (AvgIpc) is 2.96. The zero-order valence-electron chi connectivity index (χ0n) is 13.9. The van der Waals surface area contributed by atoms with E-state index in [-0.39, 0.29) is 12.5 Å². The highest BCUT2D eigenvalue weighted by molar-refractivity contribution is 5.97. The number of piperidine rings is 1. The molecule has 1 unspecified atom stereocenters. The molecule has 2 aliphatic heterocycles. The summed E-state index contributed by atoms with van der Waals surface area (Å²) in [4.78, 5) is 28.3. The number of hydrogen-bond acceptors (Lipinski definition) is 5. The van der Waals surface area contributed by atoms with Crippen LogP contribution in [0.1, 0.15) is 23.2 Å². The van der Waals surface area contributed by atoms with E-state index >= 15 is 0 Å². The molecule has 2 saturated heterocycles. The number of amides is 1. The van der Waals surface area contributed by atoms with Crippen LogP contribution in [0.3, 0.4) is 0 Å². The van der Waals surface area contributed by atoms with Gasteiger partial charge in [0.1, 0.15) is 11.5 Å². The van der Waals surface area contributed by atoms with Gasteiger partial charge in [-0.1, -0.05) is 0 Å². The first-order valence-electron chi connectivity index (χ1n) is 8.00. The molecule has 1 atom stereocenters. The zero-order chi connectivity index (χ0) is 17.3. The van der Waals surface area contributed by atoms with Crippen molar-refractivity contribution in [3.63, 3.8) is 0 Å². The van der Waals surface area contributed by atoms with Gasteiger partial charge in [0, 0.05) is 31.5 Å². The second kappa shape index (κ2) is 6.41. The Morgan fingerprint density at radius 1 is 1.25 bits per heavy atom. The summed E-state index contributed by atoms with van der Waals surface area (Å²) in [6.07, 6.45) is 1.21. The van der Waals surface area contributed by atoms with Crippen LogP contribution >= 0.6 is 0 Å². The van der Waals surface area contributed by atoms with E-state index in [1.807, 2.05) is 7.05 Å². The summed E-state index contributed by atoms with van der Waals surface area (Å²) >= 11 is 0. The summed E-state index contributed by atoms with van der Waals surface area (Å²) in [6, 6.07) is 5.74. The SMILES string of the molecule is COc1ccc(C(=O)N2C(C(=O)O)COC23CCN(C)CC3)cc1. The number of carbonyl (C=O) groups excluding carboxylic acids is 1. The highest BCUT2D eigenvalue weighted by Crippen LogP contribution is 2.38. The molecule has 1 amide bonds. The normalized spacial score (nSPS) is 23.4. The van der Waals surface area contributed by atoms with Crippen molar-refractivity contribution in [1.82, 2.24) is 9.80 Å². The molecular formula is C17H22N2O5. The summed E-state index contributed by atoms with van der Waals surface area (Å²) in [5.41, 5.74) is -0.391. The molecule has 1 aromatic rings. The van der Waals surface area contributed by atoms with E-state index < -0.39 is 17.7 Å². The largest absolute Gasteiger partial charge is 0.497 e. The standard InChI is InChI=1S/C17H22N2O5/c1-18-9-7-17(8-10-18)19(14(11-24-17)16(21)22)15(20)12-3-5-13(23-2)6-4-12/h3-6,14H,7-11H2,1-2H3,(H,21,22). The van der Waals surface area contributed by atoms with Crippen LogP contribution in [0, 0.1) is 0 Å². The maximum atomic E-state index is 13.0. The molecule has 0 radical (unpaired) electrons. The number of likely N-dealkylation sites (tertiary alicyclic amines) is 1. The summed E-state index contributed by atoms with van der Waals surface area (Å²) < 4.78 is 11.0. The molecule has 7 heteroatoms. The number of nitrogens with zero attached hydrogens (tertiary/aromatic N) is 2. The fourth-order valence-electron chi connectivity index (χ4n) is 3.40. The van der Waals surface area contributed by atoms with Crippen LogP contribution in [0.15, 0.2) is 24.3 Å². The Hall–Kier alpha value is -2.12. The van der Waals surface area contributed by atoms with Crippen molar-refractivity contribution in [2.45, 2.75) is 24.6 Å². The van der Waals surface area contributed by atoms with Gasteiger partial charge in [0.05, 0.1) is 13.7 Å². The molecule has 0 aliphatic carbocycles. The van der Waals surface area contributed by atoms with Crippen LogP contribution in [0.2, 0.25) is 0 Å². The second-order valence-electron chi connectivity index (χ2n) is 6.32. The molecule has 0 bridgehead atoms. The number of aliphatic carboxylic acids is 1. The minimum Gasteiger partial charge on any atom is -0.497 e. The third-order valence-corrected chi connectivity index (χ3v) is 4.87. The first-order chi connectivity index (χ1) is 11.5. The molecular weight excluding hydrogens is 312 g/mol. The van der Waals surface area contributed by atoms with E-state index in [1.165, 1.54) is 4.90 Å². The lowest BCUT2D eigenvalue weighted by molar-refractivity contribution is -0.143. The van der Waals surface area contributed by atoms with E-state index in [0.29, 0.717) is 24.2 Å². The van der Waals surface area contributed by atoms with E-state index in [1.54, 1.807) is 31.4 Å². The van der Waals surface area contributed by atoms with Gasteiger partial charge >= 0.3 is 5.97 Å². The van der Waals surface area contributed by atoms with Gasteiger partial charge in [0.25, 0.3) is 5.91 Å². The van der Waals surface area contributed by atoms with Gasteiger partial charge in [0.15, 0.2) is 6.04 Å². The highest BCUT2D eigenvalue weighted by Gasteiger charge is 2.53. The lowest BCUT2D eigenvalue weighted by atomic mass is 9.97. The highest BCUT2D eigenvalue weighted by atomic mass is 16.5. The number of carboxylic acid groups (broad SMARTS) is 1. The predicted molar refractivity (Wildman–Crippen MR) is 86.0 cm³/mol. The van der Waals surface area contributed by atoms with Crippen molar-refractivity contribution in [3.8, 4) is 5.75 Å². The molecule has 0 saturated carbocycles. The Morgan fingerprint density at radius 2 is 1.88 bits per heavy atom. The quantitative estimate of drug-likeness (QED) is 0.890. The van der Waals surface area contributed by atoms with E-state index in [2.05, 4.69) is 4.90 Å². The van der Waals surface area contributed by atoms with Gasteiger partial charge in [-0.2, -0.15) is 0 Å². The van der Waals surface area contributed by atoms with E-state index in [0.717, 1.165) is 13.1 Å². The maximum absolute atomic E-state index is 13.0. The Morgan fingerprint density at radius 3 is 2.42 bits per heavy atom. The van der Waals surface area contributed by atoms with Crippen molar-refractivity contribution in [3.05, 3.63) is 29.8 Å². The smallest absolute Gasteiger partial charge is 0.328 e. The van der Waals surface area contributed by atoms with Crippen molar-refractivity contribution in [1.29, 1.82) is 0 Å². The summed E-state index contributed by atoms with van der Waals surface area (Å²) in [6.45, 7) is 1.55. The van der Waals surface area contributed by atoms with Gasteiger partial charge < -0.3 is 19.5 Å². The number of ether oxygens (including phenoxy) is 2. The molecule has 130 valence electrons. The van der Waals surface area contributed by atoms with E-state index in [9.17, 15) is 14.7 Å². The molecule has 0 aromatic heterocycles. The Labute approximate surface area is 140 Å². The third-order valence-electron chi connectivity index (χ3n) is 4.87. The van der Waals surface area contributed by atoms with Gasteiger partial charge in [-0.05, 0) is 31.3 Å². The molecule has 2 fully saturated rings. The Bertz CT molecular complexity index is 622. The van der Waals surface area contributed by atoms with Gasteiger partial charge in [-0.25, -0.2) is 4.79 Å². The Kier molecular flexibility index (Phi) is 4.47. The van der Waals surface area contributed by atoms with Crippen LogP contribution in [0.25, 0.3) is 0 Å². The van der Waals surface area contributed by atoms with Gasteiger partial charge in [-0.3, -0.25) is 9.69 Å². The third kappa shape index (κ3) is 2.85. The van der Waals surface area contributed by atoms with Gasteiger partial charge in [-0.15, -0.1) is 0 Å². The lowest BCUT2D eigenvalue weighted by Crippen LogP contribution is -2.57. The average molecular weight is 334 g/mol. The first-order valence-corrected chi connectivity index (χ1v) is 8.00. The number of methoxy groups -OCH3 is 1. The van der Waals surface area contributed by atoms with Crippen LogP contribution in [0.4, 0.5) is 0 Å². The number of hydrogen-bond donors (Lipinski definition) is 1. The van der Waals surface area contributed by atoms with E-state index in [4.69, 9.17) is 9.47 Å². The monoisotopic (exact) mass is 334 g/mol. The van der Waals surface area contributed by atoms with Crippen molar-refractivity contribution in [2.24, 2.45) is 0 Å². The molecule has 2 heterocycles. The Balaban J connectivity index is 1.92. The summed E-state index contributed by atoms with van der Waals surface area (Å²) in [5, 5.41) is 9.52. The lowest BCUT2D eigenvalue weighted by Gasteiger charge is -2.43. The molecule has 1 spiro atoms. The number of benzene rings is 1. The van der Waals surface area contributed by atoms with Crippen LogP contribution in [0.5, 0.6) is 5.75 Å². The maximum Gasteiger partial charge on any atom is 0.328 e. The minimum atomic E-state index is -1.03. The van der Waals surface area contributed by atoms with Gasteiger partial charge in [0.2, 0.25) is 0 Å². The first kappa shape index (κ1) is 16.7. The van der Waals surface area contributed by atoms with Crippen LogP contribution in [-0.4, -0.2) is 72.4 Å². The fourth-order valence-corrected chi connectivity index (χ4v) is 3.40. The van der Waals surface area contributed by atoms with Crippen molar-refractivity contribution in [2.75, 3.05) is 33.9 Å².